The molecule has 2 radical (unpaired) electrons. The third-order valence-electron chi connectivity index (χ3n) is 17.1. The van der Waals surface area contributed by atoms with Crippen molar-refractivity contribution in [3.05, 3.63) is 319 Å². The van der Waals surface area contributed by atoms with E-state index in [9.17, 15) is 75.4 Å². The number of rotatable bonds is 9. The molecule has 5 N–H and O–H groups in total. The number of nitrogens with one attached hydrogen (secondary N) is 1. The van der Waals surface area contributed by atoms with Crippen LogP contribution >= 0.6 is 79.7 Å². The maximum absolute atomic E-state index is 13.3. The van der Waals surface area contributed by atoms with Crippen molar-refractivity contribution in [2.45, 2.75) is 90.9 Å². The number of benzene rings is 10. The molecular weight excluding hydrogens is 1940 g/mol. The van der Waals surface area contributed by atoms with Crippen LogP contribution in [0.15, 0.2) is 204 Å². The molecule has 0 bridgehead atoms. The zero-order chi connectivity index (χ0) is 90.2. The van der Waals surface area contributed by atoms with Crippen LogP contribution in [-0.2, 0) is 71.8 Å². The zero-order valence-electron chi connectivity index (χ0n) is 65.5. The topological polar surface area (TPSA) is 469 Å². The number of amides is 6. The minimum Gasteiger partial charge on any atom is -0.399 e. The molecule has 10 aromatic rings. The molecule has 0 atom stereocenters. The molecular formula is C86H73Cl5IN12O17S2V2-. The third kappa shape index (κ3) is 25.0. The maximum Gasteiger partial charge on any atom is 0.354 e. The van der Waals surface area contributed by atoms with Gasteiger partial charge in [0.2, 0.25) is 0 Å². The number of hydrogen-bond acceptors (Lipinski definition) is 23. The number of hydrogen-bond donors (Lipinski definition) is 3. The van der Waals surface area contributed by atoms with Crippen LogP contribution in [0.3, 0.4) is 0 Å². The second kappa shape index (κ2) is 45.7. The van der Waals surface area contributed by atoms with Crippen LogP contribution in [0.1, 0.15) is 186 Å². The summed E-state index contributed by atoms with van der Waals surface area (Å²) in [5, 5.41) is 57.2. The fraction of sp³-hybridized carbons (Fsp3) is 0.151. The van der Waals surface area contributed by atoms with E-state index < -0.39 is 87.7 Å². The molecule has 39 heteroatoms. The van der Waals surface area contributed by atoms with Crippen molar-refractivity contribution >= 4 is 192 Å². The van der Waals surface area contributed by atoms with Gasteiger partial charge in [0.15, 0.2) is 5.56 Å². The molecule has 0 aromatic heterocycles. The number of nitriles is 4. The van der Waals surface area contributed by atoms with Gasteiger partial charge in [-0.3, -0.25) is 53.7 Å². The Hall–Kier alpha value is -11.8. The molecule has 4 heterocycles. The van der Waals surface area contributed by atoms with Crippen molar-refractivity contribution in [3.63, 3.8) is 0 Å². The molecule has 125 heavy (non-hydrogen) atoms. The summed E-state index contributed by atoms with van der Waals surface area (Å²) in [5.41, 5.74) is 13.8. The van der Waals surface area contributed by atoms with E-state index in [0.717, 1.165) is 38.0 Å². The number of nitro groups is 2. The SMILES string of the molecule is C.C.CC(C)(C)c1ccc(S(=O)(=O)Cl)cc1.CC(C)(C)c1ccc(S(=O)(=O)Nc2ccc(Cl)c3c2C(=O)N(c2cccc(C#N)c2)C3=O)cc1.CCI.N#Cc1cccc(N)c1.N#Cc1cccc(N2C(=O)c3c(Cl)ccc([N+](=O)[O-])c3C2=O)c1.N#Cc1cccc(N2C(=O)c3c(N)ccc(Cl)c3C2=O)c1.O=C1OC(=O)c2c([N+](=O)[O-])ccc(Cl)c21.[CH2-]C.[V].[V]. The van der Waals surface area contributed by atoms with Gasteiger partial charge in [-0.05, 0) is 160 Å². The molecule has 644 valence electrons. The Balaban J connectivity index is 0.000000396. The van der Waals surface area contributed by atoms with Crippen LogP contribution in [0.4, 0.5) is 45.5 Å². The number of sulfonamides is 1. The van der Waals surface area contributed by atoms with E-state index in [0.29, 0.717) is 22.5 Å². The number of cyclic esters (lactones) is 2. The van der Waals surface area contributed by atoms with E-state index in [-0.39, 0.29) is 171 Å². The number of anilines is 6. The quantitative estimate of drug-likeness (QED) is 0.0115. The fourth-order valence-corrected chi connectivity index (χ4v) is 14.2. The minimum absolute atomic E-state index is 0. The van der Waals surface area contributed by atoms with Gasteiger partial charge in [-0.1, -0.05) is 181 Å². The van der Waals surface area contributed by atoms with Crippen molar-refractivity contribution in [3.8, 4) is 24.3 Å². The summed E-state index contributed by atoms with van der Waals surface area (Å²) < 4.78 is 56.0. The Kier molecular flexibility index (Phi) is 39.2. The molecule has 4 aliphatic rings. The van der Waals surface area contributed by atoms with Crippen LogP contribution in [0.2, 0.25) is 20.1 Å². The summed E-state index contributed by atoms with van der Waals surface area (Å²) >= 11 is 26.1. The van der Waals surface area contributed by atoms with Crippen LogP contribution in [0.5, 0.6) is 0 Å². The second-order valence-electron chi connectivity index (χ2n) is 27.0. The number of nitro benzene ring substituents is 2. The molecule has 0 saturated carbocycles. The van der Waals surface area contributed by atoms with Gasteiger partial charge in [0, 0.05) is 71.3 Å². The van der Waals surface area contributed by atoms with Gasteiger partial charge in [0.1, 0.15) is 11.1 Å². The smallest absolute Gasteiger partial charge is 0.354 e. The van der Waals surface area contributed by atoms with Crippen LogP contribution in [0.25, 0.3) is 0 Å². The molecule has 0 fully saturated rings. The first-order valence-corrected chi connectivity index (χ1v) is 41.7. The summed E-state index contributed by atoms with van der Waals surface area (Å²) in [4.78, 5) is 122. The number of carbonyl (C=O) groups is 8. The average Bonchev–Trinajstić information content (AvgIpc) is 1.60. The zero-order valence-corrected chi connectivity index (χ0v) is 75.9. The van der Waals surface area contributed by atoms with Gasteiger partial charge in [-0.25, -0.2) is 41.1 Å². The summed E-state index contributed by atoms with van der Waals surface area (Å²) in [7, 11) is -2.46. The average molecular weight is 2020 g/mol. The van der Waals surface area contributed by atoms with Gasteiger partial charge < -0.3 is 23.1 Å². The number of alkyl halides is 1. The standard InChI is InChI=1S/C25H20ClN3O4S.C15H6ClN3O4.C15H8ClN3O2.C10H13ClO2S.C8H2ClNO5.C7H6N2.C2H5I.C2H5.2CH4.2V/c1-25(2,3)16-7-9-18(10-8-16)34(32,33)28-20-12-11-19(26)21-22(20)24(31)29(23(21)30)17-6-4-5-15(13-17)14-27;16-10-4-5-11(19(22)23)13-12(10)14(20)18(15(13)21)9-3-1-2-8(6-9)7-17;16-10-4-5-11(18)13-12(10)14(20)19(15(13)21)9-3-1-2-8(6-9)7-17;1-10(2,3)8-4-6-9(7-5-8)14(11,12)13;9-3-1-2-4(10(13)14)6-5(3)7(11)15-8(6)12;8-5-6-2-1-3-7(9)4-6;1-2-3;1-2;;;;/h4-13,28H,1-3H3;1-6H;1-6H,18H2;4-7H,1-3H3;1-2H;1-4H,9H2;2H2,1H3;1H2,2H3;2*1H4;;/q;;;;;;;-1;;;;. The van der Waals surface area contributed by atoms with Crippen LogP contribution in [0, 0.1) is 72.5 Å². The van der Waals surface area contributed by atoms with E-state index in [1.807, 2.05) is 45.0 Å². The van der Waals surface area contributed by atoms with Crippen molar-refractivity contribution in [1.29, 1.82) is 21.0 Å². The number of carbonyl (C=O) groups excluding carboxylic acids is 8. The van der Waals surface area contributed by atoms with Gasteiger partial charge in [-0.2, -0.15) is 28.0 Å². The molecule has 14 rings (SSSR count). The molecule has 10 aromatic carbocycles. The first kappa shape index (κ1) is 107. The van der Waals surface area contributed by atoms with Gasteiger partial charge in [0.05, 0.1) is 137 Å². The van der Waals surface area contributed by atoms with Crippen LogP contribution in [-0.4, -0.2) is 78.5 Å². The number of esters is 2. The molecule has 4 aliphatic heterocycles. The predicted octanol–water partition coefficient (Wildman–Crippen LogP) is 19.8. The summed E-state index contributed by atoms with van der Waals surface area (Å²) in [6, 6.07) is 56.0. The van der Waals surface area contributed by atoms with Gasteiger partial charge in [-0.15, -0.1) is 0 Å². The minimum atomic E-state index is -4.06. The van der Waals surface area contributed by atoms with Crippen molar-refractivity contribution < 1.29 is 107 Å². The monoisotopic (exact) mass is 2010 g/mol. The van der Waals surface area contributed by atoms with Crippen molar-refractivity contribution in [1.82, 2.24) is 0 Å². The number of ether oxygens (including phenoxy) is 1. The Morgan fingerprint density at radius 1 is 0.448 bits per heavy atom. The Morgan fingerprint density at radius 3 is 1.10 bits per heavy atom. The summed E-state index contributed by atoms with van der Waals surface area (Å²) in [6.45, 7) is 19.4. The molecule has 0 saturated heterocycles. The van der Waals surface area contributed by atoms with Crippen molar-refractivity contribution in [2.75, 3.05) is 35.3 Å². The predicted molar refractivity (Wildman–Crippen MR) is 479 cm³/mol. The fourth-order valence-electron chi connectivity index (χ4n) is 11.4. The number of imide groups is 3. The Bertz CT molecular complexity index is 6290. The van der Waals surface area contributed by atoms with E-state index in [2.05, 4.69) is 66.7 Å². The first-order valence-electron chi connectivity index (χ1n) is 34.9. The summed E-state index contributed by atoms with van der Waals surface area (Å²) in [6.07, 6.45) is 0. The molecule has 0 unspecified atom stereocenters. The Labute approximate surface area is 782 Å². The number of fused-ring (bicyclic) bond motifs is 4. The second-order valence-corrected chi connectivity index (χ2v) is 34.4. The number of nitrogen functional groups attached to an aromatic ring is 2. The van der Waals surface area contributed by atoms with E-state index in [4.69, 9.17) is 89.6 Å². The maximum atomic E-state index is 13.3. The molecule has 0 spiro atoms. The summed E-state index contributed by atoms with van der Waals surface area (Å²) in [5.74, 6) is -6.10. The van der Waals surface area contributed by atoms with E-state index >= 15 is 0 Å². The van der Waals surface area contributed by atoms with Crippen molar-refractivity contribution in [2.24, 2.45) is 0 Å². The number of nitrogens with two attached hydrogens (primary N) is 2. The van der Waals surface area contributed by atoms with Crippen LogP contribution < -0.4 is 30.9 Å². The van der Waals surface area contributed by atoms with E-state index in [1.54, 1.807) is 85.8 Å². The molecule has 6 amide bonds. The largest absolute Gasteiger partial charge is 0.399 e. The third-order valence-corrected chi connectivity index (χ3v) is 21.1. The Morgan fingerprint density at radius 2 is 0.752 bits per heavy atom. The molecule has 29 nitrogen and oxygen atoms in total. The van der Waals surface area contributed by atoms with Gasteiger partial charge in [0.25, 0.3) is 65.9 Å². The first-order chi connectivity index (χ1) is 56.9. The normalized spacial score (nSPS) is 12.2. The number of nitrogens with zero attached hydrogens (tertiary/aromatic N) is 9. The van der Waals surface area contributed by atoms with Gasteiger partial charge >= 0.3 is 11.9 Å². The van der Waals surface area contributed by atoms with E-state index in [1.165, 1.54) is 108 Å². The molecule has 0 aliphatic carbocycles. The number of halogens is 6.